The molecular weight excluding hydrogens is 466 g/mol. The number of thioether (sulfide) groups is 1. The van der Waals surface area contributed by atoms with Gasteiger partial charge in [-0.1, -0.05) is 70.9 Å². The van der Waals surface area contributed by atoms with E-state index >= 15 is 0 Å². The number of amides is 2. The summed E-state index contributed by atoms with van der Waals surface area (Å²) in [6.45, 7) is 3.95. The number of halogens is 1. The van der Waals surface area contributed by atoms with Crippen molar-refractivity contribution in [1.29, 1.82) is 5.26 Å². The van der Waals surface area contributed by atoms with Gasteiger partial charge >= 0.3 is 0 Å². The average molecular weight is 488 g/mol. The monoisotopic (exact) mass is 487 g/mol. The van der Waals surface area contributed by atoms with Crippen LogP contribution in [0.5, 0.6) is 0 Å². The lowest BCUT2D eigenvalue weighted by molar-refractivity contribution is -0.117. The number of nitrogens with zero attached hydrogens (tertiary/aromatic N) is 2. The maximum Gasteiger partial charge on any atom is 0.269 e. The number of hydrogen-bond donors (Lipinski definition) is 1. The quantitative estimate of drug-likeness (QED) is 0.352. The Balaban J connectivity index is 1.72. The van der Waals surface area contributed by atoms with E-state index in [9.17, 15) is 14.9 Å². The number of nitrogens with one attached hydrogen (secondary N) is 1. The van der Waals surface area contributed by atoms with Gasteiger partial charge in [-0.05, 0) is 62.2 Å². The Kier molecular flexibility index (Phi) is 7.06. The molecule has 1 N–H and O–H groups in total. The Morgan fingerprint density at radius 2 is 1.76 bits per heavy atom. The van der Waals surface area contributed by atoms with E-state index in [2.05, 4.69) is 5.32 Å². The first-order valence-corrected chi connectivity index (χ1v) is 12.0. The third-order valence-electron chi connectivity index (χ3n) is 5.40. The number of nitriles is 1. The topological polar surface area (TPSA) is 73.2 Å². The predicted molar refractivity (Wildman–Crippen MR) is 138 cm³/mol. The van der Waals surface area contributed by atoms with Crippen LogP contribution in [0.4, 0.5) is 11.4 Å². The second kappa shape index (κ2) is 10.2. The lowest BCUT2D eigenvalue weighted by Gasteiger charge is -2.19. The number of carbonyl (C=O) groups excluding carboxylic acids is 2. The summed E-state index contributed by atoms with van der Waals surface area (Å²) in [6.07, 6.45) is 0.483. The van der Waals surface area contributed by atoms with E-state index in [1.807, 2.05) is 56.3 Å². The first-order chi connectivity index (χ1) is 16.4. The van der Waals surface area contributed by atoms with E-state index in [1.54, 1.807) is 36.4 Å². The van der Waals surface area contributed by atoms with Crippen molar-refractivity contribution in [2.75, 3.05) is 10.2 Å². The number of aryl methyl sites for hydroxylation is 2. The number of hydrogen-bond acceptors (Lipinski definition) is 4. The Labute approximate surface area is 208 Å². The summed E-state index contributed by atoms with van der Waals surface area (Å²) in [5.74, 6) is -0.739. The van der Waals surface area contributed by atoms with Crippen LogP contribution in [0.25, 0.3) is 0 Å². The molecule has 4 rings (SSSR count). The molecule has 1 aliphatic rings. The number of rotatable bonds is 5. The number of carbonyl (C=O) groups is 2. The van der Waals surface area contributed by atoms with Crippen molar-refractivity contribution >= 4 is 46.6 Å². The van der Waals surface area contributed by atoms with Gasteiger partial charge in [-0.15, -0.1) is 0 Å². The highest BCUT2D eigenvalue weighted by Crippen LogP contribution is 2.42. The fourth-order valence-electron chi connectivity index (χ4n) is 3.70. The molecule has 0 aliphatic carbocycles. The maximum atomic E-state index is 13.5. The van der Waals surface area contributed by atoms with Crippen LogP contribution < -0.4 is 10.2 Å². The van der Waals surface area contributed by atoms with Crippen molar-refractivity contribution in [3.05, 3.63) is 105 Å². The summed E-state index contributed by atoms with van der Waals surface area (Å²) in [5, 5.41) is 13.1. The molecule has 170 valence electrons. The Hall–Kier alpha value is -3.53. The molecule has 0 bridgehead atoms. The van der Waals surface area contributed by atoms with Crippen LogP contribution in [-0.4, -0.2) is 17.1 Å². The van der Waals surface area contributed by atoms with Crippen LogP contribution in [0.15, 0.2) is 83.4 Å². The molecule has 1 atom stereocenters. The predicted octanol–water partition coefficient (Wildman–Crippen LogP) is 6.02. The lowest BCUT2D eigenvalue weighted by atomic mass is 10.1. The molecule has 1 saturated heterocycles. The second-order valence-electron chi connectivity index (χ2n) is 8.06. The van der Waals surface area contributed by atoms with Crippen molar-refractivity contribution < 1.29 is 9.59 Å². The van der Waals surface area contributed by atoms with Gasteiger partial charge < -0.3 is 5.32 Å². The highest BCUT2D eigenvalue weighted by molar-refractivity contribution is 8.05. The Bertz CT molecular complexity index is 1310. The van der Waals surface area contributed by atoms with Gasteiger partial charge in [0.2, 0.25) is 5.91 Å². The van der Waals surface area contributed by atoms with Gasteiger partial charge in [0.15, 0.2) is 0 Å². The van der Waals surface area contributed by atoms with E-state index in [1.165, 1.54) is 16.7 Å². The number of benzene rings is 3. The van der Waals surface area contributed by atoms with Crippen molar-refractivity contribution in [3.63, 3.8) is 0 Å². The molecule has 1 fully saturated rings. The molecule has 1 aliphatic heterocycles. The number of anilines is 2. The molecule has 3 aromatic carbocycles. The molecular formula is C27H22ClN3O2S. The first kappa shape index (κ1) is 23.6. The van der Waals surface area contributed by atoms with E-state index in [0.29, 0.717) is 27.8 Å². The fourth-order valence-corrected chi connectivity index (χ4v) is 5.13. The highest BCUT2D eigenvalue weighted by Gasteiger charge is 2.40. The Morgan fingerprint density at radius 3 is 2.41 bits per heavy atom. The fraction of sp³-hybridized carbons (Fsp3) is 0.148. The molecule has 7 heteroatoms. The molecule has 0 unspecified atom stereocenters. The third kappa shape index (κ3) is 5.17. The van der Waals surface area contributed by atoms with Gasteiger partial charge in [0, 0.05) is 16.4 Å². The van der Waals surface area contributed by atoms with Gasteiger partial charge in [-0.2, -0.15) is 5.26 Å². The van der Waals surface area contributed by atoms with Gasteiger partial charge in [0.25, 0.3) is 5.91 Å². The highest BCUT2D eigenvalue weighted by atomic mass is 35.5. The molecule has 0 spiro atoms. The first-order valence-electron chi connectivity index (χ1n) is 10.7. The minimum Gasteiger partial charge on any atom is -0.321 e. The average Bonchev–Trinajstić information content (AvgIpc) is 3.12. The van der Waals surface area contributed by atoms with Gasteiger partial charge in [-0.25, -0.2) is 0 Å². The maximum absolute atomic E-state index is 13.5. The minimum atomic E-state index is -0.558. The zero-order chi connectivity index (χ0) is 24.2. The zero-order valence-corrected chi connectivity index (χ0v) is 20.3. The van der Waals surface area contributed by atoms with Crippen LogP contribution in [0.3, 0.4) is 0 Å². The van der Waals surface area contributed by atoms with E-state index < -0.39 is 11.2 Å². The molecule has 0 radical (unpaired) electrons. The van der Waals surface area contributed by atoms with Crippen LogP contribution >= 0.6 is 23.4 Å². The van der Waals surface area contributed by atoms with Gasteiger partial charge in [-0.3, -0.25) is 14.5 Å². The normalized spacial score (nSPS) is 16.8. The van der Waals surface area contributed by atoms with E-state index in [-0.39, 0.29) is 11.5 Å². The summed E-state index contributed by atoms with van der Waals surface area (Å²) in [7, 11) is 0. The summed E-state index contributed by atoms with van der Waals surface area (Å²) >= 11 is 7.29. The minimum absolute atomic E-state index is 0.111. The van der Waals surface area contributed by atoms with Crippen molar-refractivity contribution in [2.45, 2.75) is 25.5 Å². The van der Waals surface area contributed by atoms with Gasteiger partial charge in [0.1, 0.15) is 16.7 Å². The molecule has 1 heterocycles. The molecule has 3 aromatic rings. The lowest BCUT2D eigenvalue weighted by Crippen LogP contribution is -2.30. The van der Waals surface area contributed by atoms with Crippen molar-refractivity contribution in [2.24, 2.45) is 0 Å². The van der Waals surface area contributed by atoms with Crippen LogP contribution in [0.1, 0.15) is 16.7 Å². The largest absolute Gasteiger partial charge is 0.321 e. The molecule has 2 amide bonds. The SMILES string of the molecule is Cc1ccc(NC(=O)/C(C#N)=C2\S[C@H](Cc3cccc(C)c3)C(=O)N2c2ccc(Cl)cc2)cc1. The molecule has 5 nitrogen and oxygen atoms in total. The summed E-state index contributed by atoms with van der Waals surface area (Å²) in [5.41, 5.74) is 4.20. The van der Waals surface area contributed by atoms with E-state index in [4.69, 9.17) is 11.6 Å². The smallest absolute Gasteiger partial charge is 0.269 e. The molecule has 34 heavy (non-hydrogen) atoms. The summed E-state index contributed by atoms with van der Waals surface area (Å²) < 4.78 is 0. The van der Waals surface area contributed by atoms with Crippen LogP contribution in [0, 0.1) is 25.2 Å². The van der Waals surface area contributed by atoms with E-state index in [0.717, 1.165) is 16.7 Å². The van der Waals surface area contributed by atoms with Gasteiger partial charge in [0.05, 0.1) is 5.25 Å². The molecule has 0 saturated carbocycles. The Morgan fingerprint density at radius 1 is 1.06 bits per heavy atom. The van der Waals surface area contributed by atoms with Crippen molar-refractivity contribution in [3.8, 4) is 6.07 Å². The zero-order valence-electron chi connectivity index (χ0n) is 18.7. The standard InChI is InChI=1S/C27H22ClN3O2S/c1-17-6-10-21(11-7-17)30-25(32)23(16-29)27-31(22-12-8-20(28)9-13-22)26(33)24(34-27)15-19-5-3-4-18(2)14-19/h3-14,24H,15H2,1-2H3,(H,30,32)/b27-23-/t24-/m1/s1. The second-order valence-corrected chi connectivity index (χ2v) is 9.69. The molecule has 0 aromatic heterocycles. The summed E-state index contributed by atoms with van der Waals surface area (Å²) in [4.78, 5) is 28.1. The van der Waals surface area contributed by atoms with Crippen LogP contribution in [0.2, 0.25) is 5.02 Å². The van der Waals surface area contributed by atoms with Crippen molar-refractivity contribution in [1.82, 2.24) is 0 Å². The third-order valence-corrected chi connectivity index (χ3v) is 6.92. The van der Waals surface area contributed by atoms with Crippen LogP contribution in [-0.2, 0) is 16.0 Å². The summed E-state index contributed by atoms with van der Waals surface area (Å²) in [6, 6.07) is 24.1.